The van der Waals surface area contributed by atoms with E-state index in [-0.39, 0.29) is 11.6 Å². The molecular formula is C30H31BCl4O6. The minimum absolute atomic E-state index is 0.0102. The molecule has 0 bridgehead atoms. The lowest BCUT2D eigenvalue weighted by Crippen LogP contribution is -2.41. The first kappa shape index (κ1) is 31.9. The fourth-order valence-electron chi connectivity index (χ4n) is 4.91. The Hall–Kier alpha value is -2.00. The lowest BCUT2D eigenvalue weighted by atomic mass is 9.78. The van der Waals surface area contributed by atoms with Crippen LogP contribution >= 0.6 is 46.4 Å². The van der Waals surface area contributed by atoms with E-state index in [1.807, 2.05) is 27.7 Å². The highest BCUT2D eigenvalue weighted by molar-refractivity contribution is 6.63. The Morgan fingerprint density at radius 3 is 1.46 bits per heavy atom. The van der Waals surface area contributed by atoms with Crippen molar-refractivity contribution < 1.29 is 28.4 Å². The summed E-state index contributed by atoms with van der Waals surface area (Å²) < 4.78 is 22.6. The van der Waals surface area contributed by atoms with Crippen LogP contribution in [0.5, 0.6) is 0 Å². The average Bonchev–Trinajstić information content (AvgIpc) is 3.51. The Bertz CT molecular complexity index is 1400. The number of benzene rings is 2. The van der Waals surface area contributed by atoms with Crippen LogP contribution in [0.2, 0.25) is 20.1 Å². The van der Waals surface area contributed by atoms with E-state index >= 15 is 0 Å². The number of allylic oxidation sites excluding steroid dienone is 4. The summed E-state index contributed by atoms with van der Waals surface area (Å²) in [6.07, 6.45) is 2.05. The molecule has 218 valence electrons. The Morgan fingerprint density at radius 1 is 0.683 bits per heavy atom. The van der Waals surface area contributed by atoms with Crippen LogP contribution in [0, 0.1) is 0 Å². The van der Waals surface area contributed by atoms with Gasteiger partial charge in [-0.2, -0.15) is 0 Å². The number of ether oxygens (including phenoxy) is 2. The molecule has 6 nitrogen and oxygen atoms in total. The summed E-state index contributed by atoms with van der Waals surface area (Å²) in [4.78, 5) is 24.0. The molecule has 1 saturated heterocycles. The second kappa shape index (κ2) is 12.3. The van der Waals surface area contributed by atoms with Crippen molar-refractivity contribution in [3.8, 4) is 0 Å². The number of rotatable bonds is 5. The zero-order valence-electron chi connectivity index (χ0n) is 23.8. The third-order valence-electron chi connectivity index (χ3n) is 7.82. The number of methoxy groups -OCH3 is 2. The molecule has 0 atom stereocenters. The first-order chi connectivity index (χ1) is 19.2. The van der Waals surface area contributed by atoms with Gasteiger partial charge in [0.25, 0.3) is 0 Å². The summed E-state index contributed by atoms with van der Waals surface area (Å²) >= 11 is 25.1. The van der Waals surface area contributed by atoms with Crippen LogP contribution in [0.1, 0.15) is 64.5 Å². The summed E-state index contributed by atoms with van der Waals surface area (Å²) in [6.45, 7) is 7.93. The molecule has 2 aromatic rings. The van der Waals surface area contributed by atoms with Crippen LogP contribution in [-0.4, -0.2) is 44.1 Å². The van der Waals surface area contributed by atoms with Crippen LogP contribution in [0.25, 0.3) is 11.1 Å². The van der Waals surface area contributed by atoms with Gasteiger partial charge in [-0.25, -0.2) is 0 Å². The van der Waals surface area contributed by atoms with Gasteiger partial charge in [0.15, 0.2) is 11.6 Å². The van der Waals surface area contributed by atoms with Gasteiger partial charge in [0, 0.05) is 46.9 Å². The summed E-state index contributed by atoms with van der Waals surface area (Å²) in [7, 11) is 2.54. The number of Topliss-reactive ketones (excluding diaryl/α,β-unsaturated/α-hetero) is 2. The monoisotopic (exact) mass is 638 g/mol. The Morgan fingerprint density at radius 2 is 1.07 bits per heavy atom. The van der Waals surface area contributed by atoms with Crippen molar-refractivity contribution in [1.82, 2.24) is 0 Å². The lowest BCUT2D eigenvalue weighted by molar-refractivity contribution is -0.114. The number of ketones is 2. The van der Waals surface area contributed by atoms with E-state index in [2.05, 4.69) is 0 Å². The molecule has 41 heavy (non-hydrogen) atoms. The van der Waals surface area contributed by atoms with Crippen LogP contribution in [-0.2, 0) is 28.4 Å². The van der Waals surface area contributed by atoms with E-state index in [0.717, 1.165) is 5.46 Å². The lowest BCUT2D eigenvalue weighted by Gasteiger charge is -2.32. The van der Waals surface area contributed by atoms with Crippen molar-refractivity contribution in [2.45, 2.75) is 64.6 Å². The number of hydrogen-bond donors (Lipinski definition) is 0. The maximum atomic E-state index is 12.3. The Labute approximate surface area is 261 Å². The maximum Gasteiger partial charge on any atom is 0.494 e. The minimum Gasteiger partial charge on any atom is -0.500 e. The highest BCUT2D eigenvalue weighted by Crippen LogP contribution is 2.41. The van der Waals surface area contributed by atoms with Crippen molar-refractivity contribution in [3.63, 3.8) is 0 Å². The molecule has 0 unspecified atom stereocenters. The van der Waals surface area contributed by atoms with Crippen LogP contribution < -0.4 is 5.46 Å². The van der Waals surface area contributed by atoms with E-state index in [4.69, 9.17) is 65.2 Å². The number of carbonyl (C=O) groups is 2. The topological polar surface area (TPSA) is 71.1 Å². The highest BCUT2D eigenvalue weighted by atomic mass is 35.5. The van der Waals surface area contributed by atoms with Gasteiger partial charge in [0.2, 0.25) is 0 Å². The minimum atomic E-state index is -0.566. The molecule has 1 heterocycles. The first-order valence-corrected chi connectivity index (χ1v) is 14.6. The van der Waals surface area contributed by atoms with E-state index in [1.54, 1.807) is 44.6 Å². The van der Waals surface area contributed by atoms with Gasteiger partial charge in [0.1, 0.15) is 11.5 Å². The van der Waals surface area contributed by atoms with Crippen LogP contribution in [0.4, 0.5) is 0 Å². The van der Waals surface area contributed by atoms with Crippen LogP contribution in [0.3, 0.4) is 0 Å². The number of halogens is 4. The average molecular weight is 640 g/mol. The fraction of sp³-hybridized carbons (Fsp3) is 0.400. The number of carbonyl (C=O) groups excluding carboxylic acids is 2. The van der Waals surface area contributed by atoms with E-state index < -0.39 is 18.3 Å². The molecule has 2 aromatic carbocycles. The molecule has 5 rings (SSSR count). The third-order valence-corrected chi connectivity index (χ3v) is 9.05. The fourth-order valence-corrected chi connectivity index (χ4v) is 6.19. The molecule has 0 saturated carbocycles. The van der Waals surface area contributed by atoms with Crippen molar-refractivity contribution in [1.29, 1.82) is 0 Å². The van der Waals surface area contributed by atoms with E-state index in [1.165, 1.54) is 0 Å². The highest BCUT2D eigenvalue weighted by Gasteiger charge is 2.52. The molecule has 11 heteroatoms. The van der Waals surface area contributed by atoms with Gasteiger partial charge in [-0.1, -0.05) is 52.5 Å². The molecule has 0 spiro atoms. The van der Waals surface area contributed by atoms with Gasteiger partial charge in [0.05, 0.1) is 46.6 Å². The molecule has 0 radical (unpaired) electrons. The zero-order chi connectivity index (χ0) is 30.3. The predicted molar refractivity (Wildman–Crippen MR) is 165 cm³/mol. The van der Waals surface area contributed by atoms with Gasteiger partial charge >= 0.3 is 7.12 Å². The van der Waals surface area contributed by atoms with Gasteiger partial charge in [-0.05, 0) is 57.4 Å². The second-order valence-electron chi connectivity index (χ2n) is 10.9. The van der Waals surface area contributed by atoms with Crippen molar-refractivity contribution >= 4 is 81.7 Å². The molecule has 0 amide bonds. The molecule has 2 aliphatic carbocycles. The van der Waals surface area contributed by atoms with E-state index in [0.29, 0.717) is 79.6 Å². The molecule has 1 aliphatic heterocycles. The third kappa shape index (κ3) is 6.22. The Kier molecular flexibility index (Phi) is 9.59. The summed E-state index contributed by atoms with van der Waals surface area (Å²) in [6, 6.07) is 8.68. The van der Waals surface area contributed by atoms with Crippen molar-refractivity contribution in [2.75, 3.05) is 14.2 Å². The van der Waals surface area contributed by atoms with Crippen molar-refractivity contribution in [2.24, 2.45) is 0 Å². The van der Waals surface area contributed by atoms with Gasteiger partial charge < -0.3 is 18.8 Å². The summed E-state index contributed by atoms with van der Waals surface area (Å²) in [5.41, 5.74) is 1.91. The molecular weight excluding hydrogens is 609 g/mol. The predicted octanol–water partition coefficient (Wildman–Crippen LogP) is 7.73. The molecule has 1 fully saturated rings. The molecule has 0 aromatic heterocycles. The summed E-state index contributed by atoms with van der Waals surface area (Å²) in [5.74, 6) is 1.31. The quantitative estimate of drug-likeness (QED) is 0.312. The largest absolute Gasteiger partial charge is 0.500 e. The smallest absolute Gasteiger partial charge is 0.494 e. The van der Waals surface area contributed by atoms with Gasteiger partial charge in [-0.15, -0.1) is 0 Å². The SMILES string of the molecule is COC1=C(c2c(Cl)cc(B3OC(C)(C)C(C)(C)O3)cc2Cl)C(=O)CC1.COC1=C(c2c(Cl)cccc2Cl)C(=O)CC1. The maximum absolute atomic E-state index is 12.3. The normalized spacial score (nSPS) is 19.6. The second-order valence-corrected chi connectivity index (χ2v) is 12.5. The zero-order valence-corrected chi connectivity index (χ0v) is 26.8. The van der Waals surface area contributed by atoms with Crippen molar-refractivity contribution in [3.05, 3.63) is 73.1 Å². The first-order valence-electron chi connectivity index (χ1n) is 13.1. The van der Waals surface area contributed by atoms with E-state index in [9.17, 15) is 9.59 Å². The molecule has 0 N–H and O–H groups in total. The summed E-state index contributed by atoms with van der Waals surface area (Å²) in [5, 5.41) is 1.73. The molecule has 3 aliphatic rings. The van der Waals surface area contributed by atoms with Crippen LogP contribution in [0.15, 0.2) is 41.9 Å². The van der Waals surface area contributed by atoms with Gasteiger partial charge in [-0.3, -0.25) is 9.59 Å². The standard InChI is InChI=1S/C18H21BCl2O4.C12H10Cl2O2/c1-17(2)18(3,4)25-19(24-17)10-8-11(20)15(12(21)9-10)16-13(22)6-7-14(16)23-5;1-16-10-6-5-9(15)12(10)11-7(13)3-2-4-8(11)14/h8-9H,6-7H2,1-5H3;2-4H,5-6H2,1H3. The number of hydrogen-bond acceptors (Lipinski definition) is 6. The Balaban J connectivity index is 0.000000208.